The maximum Gasteiger partial charge on any atom is 0.265 e. The summed E-state index contributed by atoms with van der Waals surface area (Å²) in [5, 5.41) is 0. The summed E-state index contributed by atoms with van der Waals surface area (Å²) in [6, 6.07) is 0. The first-order chi connectivity index (χ1) is 5.02. The normalized spacial score (nSPS) is 24.0. The van der Waals surface area contributed by atoms with Gasteiger partial charge in [-0.15, -0.1) is 0 Å². The van der Waals surface area contributed by atoms with E-state index < -0.39 is 17.9 Å². The van der Waals surface area contributed by atoms with Gasteiger partial charge in [0.1, 0.15) is 0 Å². The van der Waals surface area contributed by atoms with Gasteiger partial charge >= 0.3 is 0 Å². The number of nitrogens with two attached hydrogens (primary N) is 1. The summed E-state index contributed by atoms with van der Waals surface area (Å²) in [6.45, 7) is 1.14. The minimum Gasteiger partial charge on any atom is -0.325 e. The SMILES string of the molecule is CC1(C(F)(F)CN)CCCC1. The Morgan fingerprint density at radius 3 is 2.18 bits per heavy atom. The highest BCUT2D eigenvalue weighted by molar-refractivity contribution is 4.93. The average molecular weight is 163 g/mol. The average Bonchev–Trinajstić information content (AvgIpc) is 2.38. The summed E-state index contributed by atoms with van der Waals surface area (Å²) < 4.78 is 26.2. The highest BCUT2D eigenvalue weighted by Gasteiger charge is 2.49. The summed E-state index contributed by atoms with van der Waals surface area (Å²) in [4.78, 5) is 0. The minimum absolute atomic E-state index is 0.510. The van der Waals surface area contributed by atoms with E-state index in [0.29, 0.717) is 12.8 Å². The van der Waals surface area contributed by atoms with Crippen molar-refractivity contribution in [2.75, 3.05) is 6.54 Å². The Bertz CT molecular complexity index is 139. The lowest BCUT2D eigenvalue weighted by Gasteiger charge is -2.32. The monoisotopic (exact) mass is 163 g/mol. The number of alkyl halides is 2. The first kappa shape index (κ1) is 8.91. The van der Waals surface area contributed by atoms with E-state index in [9.17, 15) is 8.78 Å². The van der Waals surface area contributed by atoms with E-state index in [2.05, 4.69) is 0 Å². The topological polar surface area (TPSA) is 26.0 Å². The number of hydrogen-bond donors (Lipinski definition) is 1. The first-order valence-electron chi connectivity index (χ1n) is 4.10. The molecule has 0 atom stereocenters. The van der Waals surface area contributed by atoms with Gasteiger partial charge in [-0.3, -0.25) is 0 Å². The molecule has 1 aliphatic rings. The molecule has 1 saturated carbocycles. The van der Waals surface area contributed by atoms with Gasteiger partial charge in [0.05, 0.1) is 6.54 Å². The molecule has 0 spiro atoms. The van der Waals surface area contributed by atoms with Crippen LogP contribution in [0.15, 0.2) is 0 Å². The Labute approximate surface area is 66.0 Å². The number of hydrogen-bond acceptors (Lipinski definition) is 1. The Morgan fingerprint density at radius 1 is 1.36 bits per heavy atom. The van der Waals surface area contributed by atoms with Crippen molar-refractivity contribution in [2.45, 2.75) is 38.5 Å². The van der Waals surface area contributed by atoms with Crippen LogP contribution in [-0.2, 0) is 0 Å². The quantitative estimate of drug-likeness (QED) is 0.663. The first-order valence-corrected chi connectivity index (χ1v) is 4.10. The van der Waals surface area contributed by atoms with Crippen molar-refractivity contribution >= 4 is 0 Å². The summed E-state index contributed by atoms with van der Waals surface area (Å²) in [6.07, 6.45) is 3.09. The van der Waals surface area contributed by atoms with Gasteiger partial charge in [-0.25, -0.2) is 8.78 Å². The van der Waals surface area contributed by atoms with Gasteiger partial charge < -0.3 is 5.73 Å². The second-order valence-electron chi connectivity index (χ2n) is 3.68. The standard InChI is InChI=1S/C8H15F2N/c1-7(4-2-3-5-7)8(9,10)6-11/h2-6,11H2,1H3. The molecule has 1 fully saturated rings. The van der Waals surface area contributed by atoms with Crippen LogP contribution < -0.4 is 5.73 Å². The van der Waals surface area contributed by atoms with Crippen LogP contribution in [0.3, 0.4) is 0 Å². The van der Waals surface area contributed by atoms with Crippen LogP contribution in [0.25, 0.3) is 0 Å². The van der Waals surface area contributed by atoms with Crippen molar-refractivity contribution in [1.29, 1.82) is 0 Å². The van der Waals surface area contributed by atoms with Crippen molar-refractivity contribution in [3.05, 3.63) is 0 Å². The lowest BCUT2D eigenvalue weighted by Crippen LogP contribution is -2.43. The molecule has 0 aromatic heterocycles. The summed E-state index contributed by atoms with van der Waals surface area (Å²) >= 11 is 0. The highest BCUT2D eigenvalue weighted by Crippen LogP contribution is 2.48. The zero-order valence-electron chi connectivity index (χ0n) is 6.87. The molecular weight excluding hydrogens is 148 g/mol. The molecule has 0 bridgehead atoms. The third kappa shape index (κ3) is 1.39. The molecule has 0 saturated heterocycles. The molecule has 0 aromatic carbocycles. The van der Waals surface area contributed by atoms with Gasteiger partial charge in [0.15, 0.2) is 0 Å². The molecule has 0 amide bonds. The Hall–Kier alpha value is -0.180. The van der Waals surface area contributed by atoms with Gasteiger partial charge in [0, 0.05) is 5.41 Å². The van der Waals surface area contributed by atoms with Crippen LogP contribution in [0.5, 0.6) is 0 Å². The molecule has 0 radical (unpaired) electrons. The molecule has 0 heterocycles. The van der Waals surface area contributed by atoms with Crippen molar-refractivity contribution in [1.82, 2.24) is 0 Å². The van der Waals surface area contributed by atoms with Crippen LogP contribution >= 0.6 is 0 Å². The van der Waals surface area contributed by atoms with Gasteiger partial charge in [-0.2, -0.15) is 0 Å². The van der Waals surface area contributed by atoms with Gasteiger partial charge in [-0.05, 0) is 12.8 Å². The van der Waals surface area contributed by atoms with E-state index in [1.165, 1.54) is 0 Å². The molecule has 11 heavy (non-hydrogen) atoms. The van der Waals surface area contributed by atoms with E-state index >= 15 is 0 Å². The Balaban J connectivity index is 2.69. The molecule has 1 aliphatic carbocycles. The molecule has 0 aromatic rings. The van der Waals surface area contributed by atoms with Crippen LogP contribution in [0.1, 0.15) is 32.6 Å². The fourth-order valence-corrected chi connectivity index (χ4v) is 1.77. The fourth-order valence-electron chi connectivity index (χ4n) is 1.77. The van der Waals surface area contributed by atoms with Gasteiger partial charge in [0.25, 0.3) is 5.92 Å². The second kappa shape index (κ2) is 2.70. The van der Waals surface area contributed by atoms with Crippen molar-refractivity contribution in [3.63, 3.8) is 0 Å². The minimum atomic E-state index is -2.66. The van der Waals surface area contributed by atoms with Gasteiger partial charge in [-0.1, -0.05) is 19.8 Å². The molecule has 0 unspecified atom stereocenters. The summed E-state index contributed by atoms with van der Waals surface area (Å²) in [5.74, 6) is -2.66. The predicted molar refractivity (Wildman–Crippen MR) is 40.6 cm³/mol. The Kier molecular flexibility index (Phi) is 2.19. The smallest absolute Gasteiger partial charge is 0.265 e. The molecule has 1 rings (SSSR count). The van der Waals surface area contributed by atoms with E-state index in [0.717, 1.165) is 12.8 Å². The third-order valence-electron chi connectivity index (χ3n) is 2.85. The highest BCUT2D eigenvalue weighted by atomic mass is 19.3. The molecule has 1 nitrogen and oxygen atoms in total. The van der Waals surface area contributed by atoms with Gasteiger partial charge in [0.2, 0.25) is 0 Å². The lowest BCUT2D eigenvalue weighted by atomic mass is 9.82. The fraction of sp³-hybridized carbons (Fsp3) is 1.00. The van der Waals surface area contributed by atoms with E-state index in [1.807, 2.05) is 0 Å². The zero-order valence-corrected chi connectivity index (χ0v) is 6.87. The molecular formula is C8H15F2N. The summed E-state index contributed by atoms with van der Waals surface area (Å²) in [5.41, 5.74) is 4.20. The lowest BCUT2D eigenvalue weighted by molar-refractivity contribution is -0.102. The molecule has 3 heteroatoms. The van der Waals surface area contributed by atoms with Crippen LogP contribution in [0.2, 0.25) is 0 Å². The van der Waals surface area contributed by atoms with Crippen LogP contribution in [0.4, 0.5) is 8.78 Å². The number of halogens is 2. The summed E-state index contributed by atoms with van der Waals surface area (Å²) in [7, 11) is 0. The van der Waals surface area contributed by atoms with Crippen LogP contribution in [0, 0.1) is 5.41 Å². The van der Waals surface area contributed by atoms with E-state index in [1.54, 1.807) is 6.92 Å². The van der Waals surface area contributed by atoms with Crippen molar-refractivity contribution in [2.24, 2.45) is 11.1 Å². The number of rotatable bonds is 2. The van der Waals surface area contributed by atoms with Crippen LogP contribution in [-0.4, -0.2) is 12.5 Å². The zero-order chi connectivity index (χ0) is 8.54. The third-order valence-corrected chi connectivity index (χ3v) is 2.85. The van der Waals surface area contributed by atoms with Crippen molar-refractivity contribution < 1.29 is 8.78 Å². The van der Waals surface area contributed by atoms with E-state index in [4.69, 9.17) is 5.73 Å². The molecule has 2 N–H and O–H groups in total. The maximum absolute atomic E-state index is 13.1. The van der Waals surface area contributed by atoms with Crippen molar-refractivity contribution in [3.8, 4) is 0 Å². The molecule has 66 valence electrons. The largest absolute Gasteiger partial charge is 0.325 e. The maximum atomic E-state index is 13.1. The molecule has 0 aliphatic heterocycles. The predicted octanol–water partition coefficient (Wildman–Crippen LogP) is 2.16. The Morgan fingerprint density at radius 2 is 1.82 bits per heavy atom. The van der Waals surface area contributed by atoms with E-state index in [-0.39, 0.29) is 0 Å². The second-order valence-corrected chi connectivity index (χ2v) is 3.68.